The van der Waals surface area contributed by atoms with Crippen molar-refractivity contribution >= 4 is 5.57 Å². The molecule has 0 atom stereocenters. The van der Waals surface area contributed by atoms with Gasteiger partial charge in [-0.3, -0.25) is 0 Å². The highest BCUT2D eigenvalue weighted by atomic mass is 16.5. The van der Waals surface area contributed by atoms with Gasteiger partial charge in [-0.15, -0.1) is 0 Å². The third kappa shape index (κ3) is 5.01. The molecule has 0 bridgehead atoms. The van der Waals surface area contributed by atoms with E-state index in [1.165, 1.54) is 31.2 Å². The van der Waals surface area contributed by atoms with E-state index in [0.29, 0.717) is 6.10 Å². The fourth-order valence-corrected chi connectivity index (χ4v) is 2.53. The number of rotatable bonds is 8. The molecular weight excluding hydrogens is 248 g/mol. The molecule has 2 nitrogen and oxygen atoms in total. The van der Waals surface area contributed by atoms with Crippen molar-refractivity contribution in [2.45, 2.75) is 51.6 Å². The fourth-order valence-electron chi connectivity index (χ4n) is 2.53. The predicted octanol–water partition coefficient (Wildman–Crippen LogP) is 4.84. The lowest BCUT2D eigenvalue weighted by molar-refractivity contribution is 0.0542. The minimum atomic E-state index is 0.533. The van der Waals surface area contributed by atoms with Crippen LogP contribution in [0, 0.1) is 0 Å². The standard InChI is InChI=1S/C18H26O2/c1-15(2)16-9-11-18(12-10-16)20-14-6-5-13-19-17-7-3-4-8-17/h9-12,17H,1,3-8,13-14H2,2H3. The number of benzene rings is 1. The lowest BCUT2D eigenvalue weighted by atomic mass is 10.1. The summed E-state index contributed by atoms with van der Waals surface area (Å²) in [5.41, 5.74) is 2.25. The molecule has 0 heterocycles. The minimum Gasteiger partial charge on any atom is -0.494 e. The Labute approximate surface area is 122 Å². The molecule has 110 valence electrons. The van der Waals surface area contributed by atoms with Crippen molar-refractivity contribution in [3.63, 3.8) is 0 Å². The highest BCUT2D eigenvalue weighted by Crippen LogP contribution is 2.21. The van der Waals surface area contributed by atoms with Gasteiger partial charge in [0, 0.05) is 6.61 Å². The minimum absolute atomic E-state index is 0.533. The van der Waals surface area contributed by atoms with Gasteiger partial charge >= 0.3 is 0 Å². The van der Waals surface area contributed by atoms with Crippen LogP contribution in [0.3, 0.4) is 0 Å². The summed E-state index contributed by atoms with van der Waals surface area (Å²) in [5, 5.41) is 0. The second-order valence-corrected chi connectivity index (χ2v) is 5.64. The molecule has 1 aromatic rings. The molecule has 0 spiro atoms. The maximum Gasteiger partial charge on any atom is 0.119 e. The van der Waals surface area contributed by atoms with Crippen LogP contribution in [0.1, 0.15) is 51.0 Å². The summed E-state index contributed by atoms with van der Waals surface area (Å²) in [4.78, 5) is 0. The predicted molar refractivity (Wildman–Crippen MR) is 84.1 cm³/mol. The third-order valence-electron chi connectivity index (χ3n) is 3.81. The van der Waals surface area contributed by atoms with Crippen molar-refractivity contribution in [1.29, 1.82) is 0 Å². The maximum atomic E-state index is 5.83. The topological polar surface area (TPSA) is 18.5 Å². The van der Waals surface area contributed by atoms with Crippen LogP contribution in [-0.2, 0) is 4.74 Å². The van der Waals surface area contributed by atoms with Crippen LogP contribution < -0.4 is 4.74 Å². The smallest absolute Gasteiger partial charge is 0.119 e. The molecule has 20 heavy (non-hydrogen) atoms. The van der Waals surface area contributed by atoms with Gasteiger partial charge in [0.25, 0.3) is 0 Å². The fraction of sp³-hybridized carbons (Fsp3) is 0.556. The number of ether oxygens (including phenoxy) is 2. The molecule has 0 saturated heterocycles. The molecule has 1 aromatic carbocycles. The number of allylic oxidation sites excluding steroid dienone is 1. The first-order chi connectivity index (χ1) is 9.75. The van der Waals surface area contributed by atoms with Crippen molar-refractivity contribution in [3.8, 4) is 5.75 Å². The van der Waals surface area contributed by atoms with E-state index in [1.54, 1.807) is 0 Å². The summed E-state index contributed by atoms with van der Waals surface area (Å²) in [6.45, 7) is 7.58. The van der Waals surface area contributed by atoms with Crippen molar-refractivity contribution < 1.29 is 9.47 Å². The quantitative estimate of drug-likeness (QED) is 0.632. The lowest BCUT2D eigenvalue weighted by Crippen LogP contribution is -2.09. The largest absolute Gasteiger partial charge is 0.494 e. The molecular formula is C18H26O2. The van der Waals surface area contributed by atoms with Gasteiger partial charge in [0.15, 0.2) is 0 Å². The molecule has 2 rings (SSSR count). The Bertz CT molecular complexity index is 402. The zero-order chi connectivity index (χ0) is 14.2. The Morgan fingerprint density at radius 3 is 2.40 bits per heavy atom. The zero-order valence-electron chi connectivity index (χ0n) is 12.6. The average molecular weight is 274 g/mol. The van der Waals surface area contributed by atoms with Crippen molar-refractivity contribution in [3.05, 3.63) is 36.4 Å². The van der Waals surface area contributed by atoms with Gasteiger partial charge in [0.1, 0.15) is 5.75 Å². The molecule has 2 heteroatoms. The Hall–Kier alpha value is -1.28. The Balaban J connectivity index is 1.55. The van der Waals surface area contributed by atoms with Gasteiger partial charge in [0.05, 0.1) is 12.7 Å². The molecule has 0 radical (unpaired) electrons. The van der Waals surface area contributed by atoms with Crippen LogP contribution in [0.2, 0.25) is 0 Å². The van der Waals surface area contributed by atoms with E-state index in [1.807, 2.05) is 19.1 Å². The Morgan fingerprint density at radius 1 is 1.10 bits per heavy atom. The van der Waals surface area contributed by atoms with E-state index in [-0.39, 0.29) is 0 Å². The van der Waals surface area contributed by atoms with E-state index in [2.05, 4.69) is 18.7 Å². The molecule has 1 aliphatic carbocycles. The zero-order valence-corrected chi connectivity index (χ0v) is 12.6. The highest BCUT2D eigenvalue weighted by molar-refractivity contribution is 5.61. The van der Waals surface area contributed by atoms with Gasteiger partial charge < -0.3 is 9.47 Å². The van der Waals surface area contributed by atoms with Gasteiger partial charge in [-0.25, -0.2) is 0 Å². The monoisotopic (exact) mass is 274 g/mol. The van der Waals surface area contributed by atoms with Crippen LogP contribution in [-0.4, -0.2) is 19.3 Å². The van der Waals surface area contributed by atoms with Crippen LogP contribution in [0.25, 0.3) is 5.57 Å². The normalized spacial score (nSPS) is 15.4. The lowest BCUT2D eigenvalue weighted by Gasteiger charge is -2.11. The summed E-state index contributed by atoms with van der Waals surface area (Å²) in [6, 6.07) is 8.14. The second-order valence-electron chi connectivity index (χ2n) is 5.64. The molecule has 0 unspecified atom stereocenters. The van der Waals surface area contributed by atoms with Crippen molar-refractivity contribution in [2.75, 3.05) is 13.2 Å². The Morgan fingerprint density at radius 2 is 1.75 bits per heavy atom. The molecule has 1 fully saturated rings. The third-order valence-corrected chi connectivity index (χ3v) is 3.81. The van der Waals surface area contributed by atoms with E-state index < -0.39 is 0 Å². The summed E-state index contributed by atoms with van der Waals surface area (Å²) >= 11 is 0. The van der Waals surface area contributed by atoms with E-state index in [4.69, 9.17) is 9.47 Å². The first kappa shape index (κ1) is 15.1. The van der Waals surface area contributed by atoms with Gasteiger partial charge in [0.2, 0.25) is 0 Å². The Kier molecular flexibility index (Phi) is 6.13. The van der Waals surface area contributed by atoms with Crippen LogP contribution in [0.4, 0.5) is 0 Å². The van der Waals surface area contributed by atoms with E-state index in [9.17, 15) is 0 Å². The van der Waals surface area contributed by atoms with Crippen molar-refractivity contribution in [1.82, 2.24) is 0 Å². The van der Waals surface area contributed by atoms with Gasteiger partial charge in [-0.05, 0) is 50.3 Å². The first-order valence-corrected chi connectivity index (χ1v) is 7.76. The van der Waals surface area contributed by atoms with Crippen molar-refractivity contribution in [2.24, 2.45) is 0 Å². The average Bonchev–Trinajstić information content (AvgIpc) is 2.96. The molecule has 1 aliphatic rings. The van der Waals surface area contributed by atoms with Gasteiger partial charge in [-0.1, -0.05) is 37.1 Å². The number of hydrogen-bond acceptors (Lipinski definition) is 2. The van der Waals surface area contributed by atoms with Crippen LogP contribution >= 0.6 is 0 Å². The molecule has 0 amide bonds. The molecule has 0 aromatic heterocycles. The SMILES string of the molecule is C=C(C)c1ccc(OCCCCOC2CCCC2)cc1. The summed E-state index contributed by atoms with van der Waals surface area (Å²) in [5.74, 6) is 0.937. The molecule has 0 aliphatic heterocycles. The number of unbranched alkanes of at least 4 members (excludes halogenated alkanes) is 1. The second kappa shape index (κ2) is 8.11. The highest BCUT2D eigenvalue weighted by Gasteiger charge is 2.14. The number of hydrogen-bond donors (Lipinski definition) is 0. The summed E-state index contributed by atoms with van der Waals surface area (Å²) < 4.78 is 11.6. The summed E-state index contributed by atoms with van der Waals surface area (Å²) in [6.07, 6.45) is 7.86. The summed E-state index contributed by atoms with van der Waals surface area (Å²) in [7, 11) is 0. The van der Waals surface area contributed by atoms with E-state index >= 15 is 0 Å². The molecule has 0 N–H and O–H groups in total. The van der Waals surface area contributed by atoms with Crippen LogP contribution in [0.15, 0.2) is 30.8 Å². The molecule has 1 saturated carbocycles. The van der Waals surface area contributed by atoms with Crippen LogP contribution in [0.5, 0.6) is 5.75 Å². The first-order valence-electron chi connectivity index (χ1n) is 7.76. The van der Waals surface area contributed by atoms with Gasteiger partial charge in [-0.2, -0.15) is 0 Å². The maximum absolute atomic E-state index is 5.83. The van der Waals surface area contributed by atoms with E-state index in [0.717, 1.165) is 37.4 Å².